The molecular weight excluding hydrogens is 172 g/mol. The third-order valence-corrected chi connectivity index (χ3v) is 2.20. The summed E-state index contributed by atoms with van der Waals surface area (Å²) < 4.78 is 0. The van der Waals surface area contributed by atoms with Crippen LogP contribution < -0.4 is 5.73 Å². The first-order valence-corrected chi connectivity index (χ1v) is 4.45. The Bertz CT molecular complexity index is 250. The number of pyridine rings is 1. The molecule has 0 amide bonds. The van der Waals surface area contributed by atoms with Crippen LogP contribution >= 0.6 is 11.6 Å². The molecule has 3 heteroatoms. The van der Waals surface area contributed by atoms with Crippen molar-refractivity contribution in [3.63, 3.8) is 0 Å². The van der Waals surface area contributed by atoms with Crippen LogP contribution in [0.4, 0.5) is 0 Å². The lowest BCUT2D eigenvalue weighted by atomic mass is 10.1. The fourth-order valence-electron chi connectivity index (χ4n) is 0.996. The number of nitrogens with two attached hydrogens (primary N) is 1. The molecule has 12 heavy (non-hydrogen) atoms. The minimum absolute atomic E-state index is 0.199. The topological polar surface area (TPSA) is 38.9 Å². The predicted molar refractivity (Wildman–Crippen MR) is 51.2 cm³/mol. The maximum atomic E-state index is 5.91. The first kappa shape index (κ1) is 9.49. The zero-order valence-electron chi connectivity index (χ0n) is 7.13. The summed E-state index contributed by atoms with van der Waals surface area (Å²) in [4.78, 5) is 3.91. The number of hydrogen-bond acceptors (Lipinski definition) is 2. The van der Waals surface area contributed by atoms with Gasteiger partial charge in [-0.3, -0.25) is 4.98 Å². The molecule has 1 unspecified atom stereocenters. The molecule has 0 spiro atoms. The molecule has 0 aliphatic heterocycles. The highest BCUT2D eigenvalue weighted by molar-refractivity contribution is 6.31. The van der Waals surface area contributed by atoms with Crippen molar-refractivity contribution in [3.05, 3.63) is 29.0 Å². The fraction of sp³-hybridized carbons (Fsp3) is 0.444. The summed E-state index contributed by atoms with van der Waals surface area (Å²) in [6.07, 6.45) is 5.19. The van der Waals surface area contributed by atoms with E-state index in [0.717, 1.165) is 18.4 Å². The molecule has 0 saturated heterocycles. The molecule has 0 aliphatic rings. The lowest BCUT2D eigenvalue weighted by molar-refractivity contribution is 0.646. The van der Waals surface area contributed by atoms with Crippen molar-refractivity contribution in [2.45, 2.75) is 25.8 Å². The Kier molecular flexibility index (Phi) is 3.50. The van der Waals surface area contributed by atoms with Gasteiger partial charge in [-0.2, -0.15) is 0 Å². The highest BCUT2D eigenvalue weighted by atomic mass is 35.5. The first-order chi connectivity index (χ1) is 5.74. The summed E-state index contributed by atoms with van der Waals surface area (Å²) in [5, 5.41) is 0.710. The van der Waals surface area contributed by atoms with Gasteiger partial charge in [-0.15, -0.1) is 0 Å². The second kappa shape index (κ2) is 4.43. The molecule has 0 saturated carbocycles. The van der Waals surface area contributed by atoms with Gasteiger partial charge in [-0.05, 0) is 24.5 Å². The van der Waals surface area contributed by atoms with Crippen molar-refractivity contribution in [3.8, 4) is 0 Å². The van der Waals surface area contributed by atoms with Crippen LogP contribution in [0, 0.1) is 0 Å². The summed E-state index contributed by atoms with van der Waals surface area (Å²) in [6, 6.07) is 2.11. The van der Waals surface area contributed by atoms with Gasteiger partial charge in [0, 0.05) is 18.4 Å². The zero-order chi connectivity index (χ0) is 8.97. The molecule has 1 aromatic rings. The van der Waals surface area contributed by atoms with Crippen LogP contribution in [0.3, 0.4) is 0 Å². The van der Waals surface area contributed by atoms with Crippen LogP contribution in [0.15, 0.2) is 18.5 Å². The SMILES string of the molecule is CCC(N)Cc1ccncc1Cl. The molecule has 1 heterocycles. The van der Waals surface area contributed by atoms with Crippen molar-refractivity contribution >= 4 is 11.6 Å². The largest absolute Gasteiger partial charge is 0.327 e. The molecule has 0 aromatic carbocycles. The van der Waals surface area contributed by atoms with Crippen LogP contribution in [0.1, 0.15) is 18.9 Å². The monoisotopic (exact) mass is 184 g/mol. The van der Waals surface area contributed by atoms with Crippen LogP contribution in [-0.4, -0.2) is 11.0 Å². The number of halogens is 1. The summed E-state index contributed by atoms with van der Waals surface area (Å²) in [5.74, 6) is 0. The minimum atomic E-state index is 0.199. The van der Waals surface area contributed by atoms with Crippen molar-refractivity contribution in [2.75, 3.05) is 0 Å². The van der Waals surface area contributed by atoms with E-state index in [-0.39, 0.29) is 6.04 Å². The van der Waals surface area contributed by atoms with Crippen molar-refractivity contribution < 1.29 is 0 Å². The summed E-state index contributed by atoms with van der Waals surface area (Å²) in [7, 11) is 0. The molecule has 1 atom stereocenters. The molecule has 0 fully saturated rings. The van der Waals surface area contributed by atoms with E-state index in [9.17, 15) is 0 Å². The highest BCUT2D eigenvalue weighted by Gasteiger charge is 2.04. The van der Waals surface area contributed by atoms with Gasteiger partial charge in [0.1, 0.15) is 0 Å². The van der Waals surface area contributed by atoms with Crippen LogP contribution in [0.5, 0.6) is 0 Å². The molecule has 1 rings (SSSR count). The average Bonchev–Trinajstić information content (AvgIpc) is 2.09. The molecule has 2 nitrogen and oxygen atoms in total. The Morgan fingerprint density at radius 2 is 2.42 bits per heavy atom. The number of aromatic nitrogens is 1. The third-order valence-electron chi connectivity index (χ3n) is 1.86. The van der Waals surface area contributed by atoms with Crippen LogP contribution in [-0.2, 0) is 6.42 Å². The number of rotatable bonds is 3. The first-order valence-electron chi connectivity index (χ1n) is 4.08. The van der Waals surface area contributed by atoms with E-state index in [0.29, 0.717) is 5.02 Å². The van der Waals surface area contributed by atoms with Gasteiger partial charge in [0.25, 0.3) is 0 Å². The van der Waals surface area contributed by atoms with Crippen molar-refractivity contribution in [2.24, 2.45) is 5.73 Å². The Balaban J connectivity index is 2.69. The quantitative estimate of drug-likeness (QED) is 0.781. The lowest BCUT2D eigenvalue weighted by Crippen LogP contribution is -2.21. The third kappa shape index (κ3) is 2.47. The summed E-state index contributed by atoms with van der Waals surface area (Å²) >= 11 is 5.91. The van der Waals surface area contributed by atoms with Gasteiger partial charge < -0.3 is 5.73 Å². The second-order valence-corrected chi connectivity index (χ2v) is 3.25. The fourth-order valence-corrected chi connectivity index (χ4v) is 1.19. The molecule has 0 aliphatic carbocycles. The smallest absolute Gasteiger partial charge is 0.0621 e. The highest BCUT2D eigenvalue weighted by Crippen LogP contribution is 2.15. The summed E-state index contributed by atoms with van der Waals surface area (Å²) in [5.41, 5.74) is 6.88. The Hall–Kier alpha value is -0.600. The predicted octanol–water partition coefficient (Wildman–Crippen LogP) is 2.01. The number of nitrogens with zero attached hydrogens (tertiary/aromatic N) is 1. The van der Waals surface area contributed by atoms with Gasteiger partial charge in [-0.1, -0.05) is 18.5 Å². The average molecular weight is 185 g/mol. The van der Waals surface area contributed by atoms with Gasteiger partial charge in [0.2, 0.25) is 0 Å². The van der Waals surface area contributed by atoms with Crippen LogP contribution in [0.25, 0.3) is 0 Å². The second-order valence-electron chi connectivity index (χ2n) is 2.84. The summed E-state index contributed by atoms with van der Waals surface area (Å²) in [6.45, 7) is 2.07. The van der Waals surface area contributed by atoms with Gasteiger partial charge >= 0.3 is 0 Å². The number of hydrogen-bond donors (Lipinski definition) is 1. The molecule has 1 aromatic heterocycles. The van der Waals surface area contributed by atoms with Crippen LogP contribution in [0.2, 0.25) is 5.02 Å². The molecule has 0 radical (unpaired) electrons. The van der Waals surface area contributed by atoms with E-state index < -0.39 is 0 Å². The molecule has 66 valence electrons. The Morgan fingerprint density at radius 1 is 1.67 bits per heavy atom. The van der Waals surface area contributed by atoms with E-state index in [1.54, 1.807) is 12.4 Å². The van der Waals surface area contributed by atoms with Gasteiger partial charge in [-0.25, -0.2) is 0 Å². The molecular formula is C9H13ClN2. The Morgan fingerprint density at radius 3 is 3.00 bits per heavy atom. The van der Waals surface area contributed by atoms with E-state index in [1.807, 2.05) is 6.07 Å². The maximum Gasteiger partial charge on any atom is 0.0621 e. The molecule has 2 N–H and O–H groups in total. The minimum Gasteiger partial charge on any atom is -0.327 e. The normalized spacial score (nSPS) is 12.9. The van der Waals surface area contributed by atoms with E-state index >= 15 is 0 Å². The Labute approximate surface area is 77.8 Å². The van der Waals surface area contributed by atoms with E-state index in [1.165, 1.54) is 0 Å². The van der Waals surface area contributed by atoms with Crippen molar-refractivity contribution in [1.82, 2.24) is 4.98 Å². The van der Waals surface area contributed by atoms with Gasteiger partial charge in [0.05, 0.1) is 5.02 Å². The maximum absolute atomic E-state index is 5.91. The van der Waals surface area contributed by atoms with E-state index in [2.05, 4.69) is 11.9 Å². The van der Waals surface area contributed by atoms with Crippen molar-refractivity contribution in [1.29, 1.82) is 0 Å². The lowest BCUT2D eigenvalue weighted by Gasteiger charge is -2.08. The standard InChI is InChI=1S/C9H13ClN2/c1-2-8(11)5-7-3-4-12-6-9(7)10/h3-4,6,8H,2,5,11H2,1H3. The van der Waals surface area contributed by atoms with Gasteiger partial charge in [0.15, 0.2) is 0 Å². The van der Waals surface area contributed by atoms with E-state index in [4.69, 9.17) is 17.3 Å². The molecule has 0 bridgehead atoms. The zero-order valence-corrected chi connectivity index (χ0v) is 7.88.